The molecule has 0 atom stereocenters. The predicted molar refractivity (Wildman–Crippen MR) is 81.2 cm³/mol. The largest absolute Gasteiger partial charge is 0.337 e. The summed E-state index contributed by atoms with van der Waals surface area (Å²) in [6.07, 6.45) is 1.65. The smallest absolute Gasteiger partial charge is 0.254 e. The van der Waals surface area contributed by atoms with Crippen LogP contribution in [0.25, 0.3) is 0 Å². The fourth-order valence-electron chi connectivity index (χ4n) is 1.76. The zero-order valence-corrected chi connectivity index (χ0v) is 13.6. The highest BCUT2D eigenvalue weighted by molar-refractivity contribution is 9.10. The first-order chi connectivity index (χ1) is 8.90. The van der Waals surface area contributed by atoms with Gasteiger partial charge in [0.2, 0.25) is 0 Å². The van der Waals surface area contributed by atoms with Crippen LogP contribution in [0.1, 0.15) is 24.2 Å². The molecule has 4 nitrogen and oxygen atoms in total. The van der Waals surface area contributed by atoms with Gasteiger partial charge >= 0.3 is 0 Å². The molecule has 0 saturated heterocycles. The van der Waals surface area contributed by atoms with Crippen LogP contribution in [0.4, 0.5) is 0 Å². The third-order valence-electron chi connectivity index (χ3n) is 2.66. The molecule has 1 aromatic heterocycles. The van der Waals surface area contributed by atoms with E-state index in [1.165, 1.54) is 0 Å². The Bertz CT molecular complexity index is 421. The Morgan fingerprint density at radius 3 is 2.58 bits per heavy atom. The first kappa shape index (κ1) is 16.1. The molecule has 0 aliphatic carbocycles. The normalized spacial score (nSPS) is 11.1. The summed E-state index contributed by atoms with van der Waals surface area (Å²) in [6, 6.07) is 3.53. The lowest BCUT2D eigenvalue weighted by Crippen LogP contribution is -2.39. The van der Waals surface area contributed by atoms with Crippen LogP contribution in [0.15, 0.2) is 22.9 Å². The zero-order valence-electron chi connectivity index (χ0n) is 12.1. The summed E-state index contributed by atoms with van der Waals surface area (Å²) < 4.78 is 0.690. The summed E-state index contributed by atoms with van der Waals surface area (Å²) in [5.74, 6) is 0.523. The highest BCUT2D eigenvalue weighted by Gasteiger charge is 2.17. The molecule has 1 aromatic rings. The molecule has 1 heterocycles. The molecular weight excluding hydrogens is 306 g/mol. The quantitative estimate of drug-likeness (QED) is 0.753. The number of aromatic nitrogens is 1. The lowest BCUT2D eigenvalue weighted by Gasteiger charge is -2.26. The van der Waals surface area contributed by atoms with Crippen molar-refractivity contribution in [1.29, 1.82) is 0 Å². The van der Waals surface area contributed by atoms with Gasteiger partial charge in [-0.05, 0) is 48.1 Å². The van der Waals surface area contributed by atoms with Gasteiger partial charge in [-0.15, -0.1) is 0 Å². The molecule has 0 bridgehead atoms. The molecule has 0 saturated carbocycles. The number of carbonyl (C=O) groups excluding carboxylic acids is 1. The van der Waals surface area contributed by atoms with E-state index in [9.17, 15) is 4.79 Å². The summed E-state index contributed by atoms with van der Waals surface area (Å²) in [6.45, 7) is 6.62. The van der Waals surface area contributed by atoms with Gasteiger partial charge in [0.15, 0.2) is 0 Å². The molecule has 0 spiro atoms. The molecule has 1 rings (SSSR count). The second-order valence-corrected chi connectivity index (χ2v) is 6.13. The maximum absolute atomic E-state index is 12.5. The molecule has 0 aromatic carbocycles. The van der Waals surface area contributed by atoms with Crippen molar-refractivity contribution in [3.05, 3.63) is 28.5 Å². The molecule has 0 unspecified atom stereocenters. The SMILES string of the molecule is CC(C)CN(CCN(C)C)C(=O)c1ccnc(Br)c1. The summed E-state index contributed by atoms with van der Waals surface area (Å²) in [5.41, 5.74) is 0.682. The van der Waals surface area contributed by atoms with Gasteiger partial charge in [0, 0.05) is 31.4 Å². The Morgan fingerprint density at radius 1 is 1.37 bits per heavy atom. The van der Waals surface area contributed by atoms with Crippen molar-refractivity contribution in [2.24, 2.45) is 5.92 Å². The predicted octanol–water partition coefficient (Wildman–Crippen LogP) is 2.50. The molecule has 19 heavy (non-hydrogen) atoms. The van der Waals surface area contributed by atoms with Crippen molar-refractivity contribution in [1.82, 2.24) is 14.8 Å². The van der Waals surface area contributed by atoms with E-state index in [-0.39, 0.29) is 5.91 Å². The maximum atomic E-state index is 12.5. The van der Waals surface area contributed by atoms with E-state index in [4.69, 9.17) is 0 Å². The Hall–Kier alpha value is -0.940. The van der Waals surface area contributed by atoms with E-state index in [1.807, 2.05) is 19.0 Å². The third kappa shape index (κ3) is 5.70. The van der Waals surface area contributed by atoms with Crippen molar-refractivity contribution in [3.63, 3.8) is 0 Å². The van der Waals surface area contributed by atoms with Crippen molar-refractivity contribution in [2.75, 3.05) is 33.7 Å². The molecule has 106 valence electrons. The number of carbonyl (C=O) groups is 1. The highest BCUT2D eigenvalue weighted by Crippen LogP contribution is 2.12. The van der Waals surface area contributed by atoms with Crippen LogP contribution in [0.3, 0.4) is 0 Å². The molecule has 0 aliphatic heterocycles. The van der Waals surface area contributed by atoms with Gasteiger partial charge in [0.05, 0.1) is 0 Å². The molecule has 0 radical (unpaired) electrons. The highest BCUT2D eigenvalue weighted by atomic mass is 79.9. The van der Waals surface area contributed by atoms with E-state index in [2.05, 4.69) is 39.7 Å². The lowest BCUT2D eigenvalue weighted by atomic mass is 10.1. The van der Waals surface area contributed by atoms with Gasteiger partial charge in [0.25, 0.3) is 5.91 Å². The van der Waals surface area contributed by atoms with Crippen LogP contribution in [0.5, 0.6) is 0 Å². The van der Waals surface area contributed by atoms with Crippen LogP contribution >= 0.6 is 15.9 Å². The van der Waals surface area contributed by atoms with E-state index in [0.29, 0.717) is 16.1 Å². The van der Waals surface area contributed by atoms with Crippen LogP contribution in [0, 0.1) is 5.92 Å². The van der Waals surface area contributed by atoms with Gasteiger partial charge in [-0.25, -0.2) is 4.98 Å². The average molecular weight is 328 g/mol. The van der Waals surface area contributed by atoms with Crippen LogP contribution < -0.4 is 0 Å². The molecule has 1 amide bonds. The molecular formula is C14H22BrN3O. The maximum Gasteiger partial charge on any atom is 0.254 e. The topological polar surface area (TPSA) is 36.4 Å². The Morgan fingerprint density at radius 2 is 2.05 bits per heavy atom. The number of halogens is 1. The Balaban J connectivity index is 2.81. The number of likely N-dealkylation sites (N-methyl/N-ethyl adjacent to an activating group) is 1. The van der Waals surface area contributed by atoms with Gasteiger partial charge < -0.3 is 9.80 Å². The second-order valence-electron chi connectivity index (χ2n) is 5.32. The van der Waals surface area contributed by atoms with Gasteiger partial charge in [0.1, 0.15) is 4.60 Å². The fraction of sp³-hybridized carbons (Fsp3) is 0.571. The van der Waals surface area contributed by atoms with Crippen molar-refractivity contribution < 1.29 is 4.79 Å². The minimum Gasteiger partial charge on any atom is -0.337 e. The minimum absolute atomic E-state index is 0.0682. The average Bonchev–Trinajstić information content (AvgIpc) is 2.33. The summed E-state index contributed by atoms with van der Waals surface area (Å²) >= 11 is 3.30. The summed E-state index contributed by atoms with van der Waals surface area (Å²) in [4.78, 5) is 20.6. The molecule has 5 heteroatoms. The number of rotatable bonds is 6. The number of amides is 1. The summed E-state index contributed by atoms with van der Waals surface area (Å²) in [5, 5.41) is 0. The van der Waals surface area contributed by atoms with E-state index in [0.717, 1.165) is 19.6 Å². The van der Waals surface area contributed by atoms with Gasteiger partial charge in [-0.3, -0.25) is 4.79 Å². The number of nitrogens with zero attached hydrogens (tertiary/aromatic N) is 3. The first-order valence-corrected chi connectivity index (χ1v) is 7.25. The molecule has 0 aliphatic rings. The van der Waals surface area contributed by atoms with E-state index in [1.54, 1.807) is 18.3 Å². The Labute approximate surface area is 123 Å². The Kier molecular flexibility index (Phi) is 6.45. The standard InChI is InChI=1S/C14H22BrN3O/c1-11(2)10-18(8-7-17(3)4)14(19)12-5-6-16-13(15)9-12/h5-6,9,11H,7-8,10H2,1-4H3. The summed E-state index contributed by atoms with van der Waals surface area (Å²) in [7, 11) is 4.03. The van der Waals surface area contributed by atoms with Crippen molar-refractivity contribution in [3.8, 4) is 0 Å². The zero-order chi connectivity index (χ0) is 14.4. The molecule has 0 N–H and O–H groups in total. The number of hydrogen-bond acceptors (Lipinski definition) is 3. The van der Waals surface area contributed by atoms with E-state index >= 15 is 0 Å². The molecule has 0 fully saturated rings. The monoisotopic (exact) mass is 327 g/mol. The first-order valence-electron chi connectivity index (χ1n) is 6.45. The second kappa shape index (κ2) is 7.60. The van der Waals surface area contributed by atoms with Crippen LogP contribution in [0.2, 0.25) is 0 Å². The lowest BCUT2D eigenvalue weighted by molar-refractivity contribution is 0.0724. The van der Waals surface area contributed by atoms with Gasteiger partial charge in [-0.2, -0.15) is 0 Å². The fourth-order valence-corrected chi connectivity index (χ4v) is 2.12. The van der Waals surface area contributed by atoms with Crippen molar-refractivity contribution in [2.45, 2.75) is 13.8 Å². The van der Waals surface area contributed by atoms with E-state index < -0.39 is 0 Å². The van der Waals surface area contributed by atoms with Crippen molar-refractivity contribution >= 4 is 21.8 Å². The van der Waals surface area contributed by atoms with Crippen LogP contribution in [-0.2, 0) is 0 Å². The minimum atomic E-state index is 0.0682. The van der Waals surface area contributed by atoms with Gasteiger partial charge in [-0.1, -0.05) is 13.8 Å². The third-order valence-corrected chi connectivity index (χ3v) is 3.10. The number of pyridine rings is 1. The number of hydrogen-bond donors (Lipinski definition) is 0. The van der Waals surface area contributed by atoms with Crippen LogP contribution in [-0.4, -0.2) is 54.4 Å².